The Morgan fingerprint density at radius 2 is 1.33 bits per heavy atom. The van der Waals surface area contributed by atoms with Gasteiger partial charge in [-0.05, 0) is 66.2 Å². The Morgan fingerprint density at radius 1 is 0.767 bits per heavy atom. The van der Waals surface area contributed by atoms with E-state index in [2.05, 4.69) is 16.0 Å². The molecule has 0 saturated heterocycles. The van der Waals surface area contributed by atoms with Crippen molar-refractivity contribution in [2.24, 2.45) is 0 Å². The maximum Gasteiger partial charge on any atom is 0.257 e. The van der Waals surface area contributed by atoms with E-state index in [4.69, 9.17) is 12.2 Å². The molecule has 152 valence electrons. The fourth-order valence-corrected chi connectivity index (χ4v) is 3.08. The minimum atomic E-state index is -0.282. The lowest BCUT2D eigenvalue weighted by Crippen LogP contribution is -2.34. The molecule has 5 nitrogen and oxygen atoms in total. The second kappa shape index (κ2) is 10.3. The molecular formula is C24H23N3O2S. The lowest BCUT2D eigenvalue weighted by atomic mass is 10.0. The monoisotopic (exact) mass is 417 g/mol. The lowest BCUT2D eigenvalue weighted by molar-refractivity contribution is -0.116. The van der Waals surface area contributed by atoms with Crippen LogP contribution >= 0.6 is 12.2 Å². The molecule has 3 aromatic rings. The third kappa shape index (κ3) is 5.99. The Labute approximate surface area is 181 Å². The highest BCUT2D eigenvalue weighted by atomic mass is 32.1. The fourth-order valence-electron chi connectivity index (χ4n) is 2.87. The Bertz CT molecular complexity index is 1020. The molecular weight excluding hydrogens is 394 g/mol. The van der Waals surface area contributed by atoms with Crippen LogP contribution in [0.1, 0.15) is 30.1 Å². The van der Waals surface area contributed by atoms with Gasteiger partial charge in [-0.2, -0.15) is 0 Å². The van der Waals surface area contributed by atoms with Crippen molar-refractivity contribution < 1.29 is 9.59 Å². The van der Waals surface area contributed by atoms with Crippen molar-refractivity contribution in [2.45, 2.75) is 19.8 Å². The molecule has 0 spiro atoms. The number of nitrogens with one attached hydrogen (secondary N) is 3. The van der Waals surface area contributed by atoms with Gasteiger partial charge in [0.1, 0.15) is 0 Å². The summed E-state index contributed by atoms with van der Waals surface area (Å²) in [5, 5.41) is 8.68. The van der Waals surface area contributed by atoms with Crippen LogP contribution in [0.25, 0.3) is 11.1 Å². The zero-order chi connectivity index (χ0) is 21.3. The van der Waals surface area contributed by atoms with Crippen molar-refractivity contribution in [3.63, 3.8) is 0 Å². The quantitative estimate of drug-likeness (QED) is 0.481. The predicted octanol–water partition coefficient (Wildman–Crippen LogP) is 5.22. The molecule has 0 saturated carbocycles. The number of hydrogen-bond acceptors (Lipinski definition) is 3. The topological polar surface area (TPSA) is 70.2 Å². The summed E-state index contributed by atoms with van der Waals surface area (Å²) < 4.78 is 0. The van der Waals surface area contributed by atoms with Gasteiger partial charge in [0.15, 0.2) is 5.11 Å². The molecule has 3 N–H and O–H groups in total. The zero-order valence-corrected chi connectivity index (χ0v) is 17.5. The molecule has 3 rings (SSSR count). The summed E-state index contributed by atoms with van der Waals surface area (Å²) in [6.45, 7) is 1.96. The number of carbonyl (C=O) groups excluding carboxylic acids is 2. The molecule has 2 amide bonds. The van der Waals surface area contributed by atoms with Crippen molar-refractivity contribution in [3.05, 3.63) is 84.4 Å². The van der Waals surface area contributed by atoms with Gasteiger partial charge in [-0.25, -0.2) is 0 Å². The molecule has 6 heteroatoms. The molecule has 0 aromatic heterocycles. The van der Waals surface area contributed by atoms with E-state index in [-0.39, 0.29) is 16.9 Å². The van der Waals surface area contributed by atoms with E-state index >= 15 is 0 Å². The average molecular weight is 418 g/mol. The number of thiocarbonyl (C=S) groups is 1. The second-order valence-corrected chi connectivity index (χ2v) is 7.14. The van der Waals surface area contributed by atoms with Crippen molar-refractivity contribution in [3.8, 4) is 11.1 Å². The first-order valence-corrected chi connectivity index (χ1v) is 10.1. The normalized spacial score (nSPS) is 10.2. The first-order chi connectivity index (χ1) is 14.5. The molecule has 0 unspecified atom stereocenters. The first kappa shape index (κ1) is 21.2. The van der Waals surface area contributed by atoms with Gasteiger partial charge in [0.25, 0.3) is 5.91 Å². The number of rotatable bonds is 6. The van der Waals surface area contributed by atoms with Crippen LogP contribution in [0.5, 0.6) is 0 Å². The van der Waals surface area contributed by atoms with Crippen molar-refractivity contribution >= 4 is 40.5 Å². The molecule has 0 aliphatic rings. The van der Waals surface area contributed by atoms with E-state index in [1.165, 1.54) is 0 Å². The van der Waals surface area contributed by atoms with E-state index in [1.807, 2.05) is 49.4 Å². The lowest BCUT2D eigenvalue weighted by Gasteiger charge is -2.11. The maximum atomic E-state index is 12.4. The van der Waals surface area contributed by atoms with Crippen LogP contribution in [0, 0.1) is 0 Å². The summed E-state index contributed by atoms with van der Waals surface area (Å²) in [5.74, 6) is -0.296. The van der Waals surface area contributed by atoms with E-state index < -0.39 is 0 Å². The molecule has 30 heavy (non-hydrogen) atoms. The van der Waals surface area contributed by atoms with Crippen LogP contribution in [-0.4, -0.2) is 16.9 Å². The minimum absolute atomic E-state index is 0.0146. The van der Waals surface area contributed by atoms with Crippen LogP contribution in [0.2, 0.25) is 0 Å². The fraction of sp³-hybridized carbons (Fsp3) is 0.125. The van der Waals surface area contributed by atoms with Gasteiger partial charge in [-0.1, -0.05) is 49.4 Å². The molecule has 0 atom stereocenters. The summed E-state index contributed by atoms with van der Waals surface area (Å²) in [6, 6.07) is 24.5. The molecule has 0 radical (unpaired) electrons. The largest absolute Gasteiger partial charge is 0.332 e. The van der Waals surface area contributed by atoms with Gasteiger partial charge < -0.3 is 10.6 Å². The Hall–Kier alpha value is -3.51. The molecule has 0 fully saturated rings. The van der Waals surface area contributed by atoms with Crippen LogP contribution in [0.15, 0.2) is 78.9 Å². The van der Waals surface area contributed by atoms with Crippen LogP contribution < -0.4 is 16.0 Å². The van der Waals surface area contributed by atoms with Crippen molar-refractivity contribution in [2.75, 3.05) is 10.6 Å². The number of benzene rings is 3. The van der Waals surface area contributed by atoms with Gasteiger partial charge in [0.2, 0.25) is 5.91 Å². The smallest absolute Gasteiger partial charge is 0.257 e. The molecule has 0 bridgehead atoms. The van der Waals surface area contributed by atoms with Gasteiger partial charge in [0, 0.05) is 23.4 Å². The maximum absolute atomic E-state index is 12.4. The number of amides is 2. The highest BCUT2D eigenvalue weighted by Gasteiger charge is 2.09. The molecule has 0 heterocycles. The predicted molar refractivity (Wildman–Crippen MR) is 126 cm³/mol. The Kier molecular flexibility index (Phi) is 7.29. The van der Waals surface area contributed by atoms with Crippen LogP contribution in [-0.2, 0) is 4.79 Å². The molecule has 0 aliphatic carbocycles. The number of carbonyl (C=O) groups is 2. The second-order valence-electron chi connectivity index (χ2n) is 6.73. The Balaban J connectivity index is 1.54. The van der Waals surface area contributed by atoms with Gasteiger partial charge in [-0.3, -0.25) is 14.9 Å². The zero-order valence-electron chi connectivity index (χ0n) is 16.6. The van der Waals surface area contributed by atoms with E-state index in [9.17, 15) is 9.59 Å². The molecule has 0 aliphatic heterocycles. The van der Waals surface area contributed by atoms with Crippen LogP contribution in [0.4, 0.5) is 11.4 Å². The van der Waals surface area contributed by atoms with Crippen molar-refractivity contribution in [1.29, 1.82) is 0 Å². The SMILES string of the molecule is CCCC(=O)Nc1ccc(NC(=S)NC(=O)c2ccc(-c3ccccc3)cc2)cc1. The third-order valence-corrected chi connectivity index (χ3v) is 4.59. The Morgan fingerprint density at radius 3 is 1.93 bits per heavy atom. The standard InChI is InChI=1S/C24H23N3O2S/c1-2-6-22(28)25-20-13-15-21(16-14-20)26-24(30)27-23(29)19-11-9-18(10-12-19)17-7-4-3-5-8-17/h3-5,7-16H,2,6H2,1H3,(H,25,28)(H2,26,27,29,30). The van der Waals surface area contributed by atoms with Crippen LogP contribution in [0.3, 0.4) is 0 Å². The summed E-state index contributed by atoms with van der Waals surface area (Å²) in [5.41, 5.74) is 4.09. The number of hydrogen-bond donors (Lipinski definition) is 3. The molecule has 3 aromatic carbocycles. The van der Waals surface area contributed by atoms with Gasteiger partial charge >= 0.3 is 0 Å². The van der Waals surface area contributed by atoms with Gasteiger partial charge in [-0.15, -0.1) is 0 Å². The van der Waals surface area contributed by atoms with E-state index in [0.29, 0.717) is 23.4 Å². The minimum Gasteiger partial charge on any atom is -0.332 e. The summed E-state index contributed by atoms with van der Waals surface area (Å²) >= 11 is 5.24. The van der Waals surface area contributed by atoms with Crippen molar-refractivity contribution in [1.82, 2.24) is 5.32 Å². The number of anilines is 2. The highest BCUT2D eigenvalue weighted by Crippen LogP contribution is 2.19. The highest BCUT2D eigenvalue weighted by molar-refractivity contribution is 7.80. The van der Waals surface area contributed by atoms with E-state index in [0.717, 1.165) is 17.5 Å². The third-order valence-electron chi connectivity index (χ3n) is 4.38. The van der Waals surface area contributed by atoms with E-state index in [1.54, 1.807) is 36.4 Å². The average Bonchev–Trinajstić information content (AvgIpc) is 2.76. The summed E-state index contributed by atoms with van der Waals surface area (Å²) in [7, 11) is 0. The first-order valence-electron chi connectivity index (χ1n) is 9.73. The van der Waals surface area contributed by atoms with Gasteiger partial charge in [0.05, 0.1) is 0 Å². The summed E-state index contributed by atoms with van der Waals surface area (Å²) in [6.07, 6.45) is 1.29. The summed E-state index contributed by atoms with van der Waals surface area (Å²) in [4.78, 5) is 24.1.